The Morgan fingerprint density at radius 2 is 1.96 bits per heavy atom. The molecule has 1 unspecified atom stereocenters. The third-order valence-electron chi connectivity index (χ3n) is 3.66. The van der Waals surface area contributed by atoms with Crippen LogP contribution >= 0.6 is 27.5 Å². The fraction of sp³-hybridized carbons (Fsp3) is 0.0588. The number of nitrogens with two attached hydrogens (primary N) is 1. The minimum atomic E-state index is -2.00. The van der Waals surface area contributed by atoms with Crippen molar-refractivity contribution >= 4 is 45.0 Å². The highest BCUT2D eigenvalue weighted by molar-refractivity contribution is 9.10. The second-order valence-corrected chi connectivity index (χ2v) is 6.42. The van der Waals surface area contributed by atoms with Gasteiger partial charge in [-0.2, -0.15) is 0 Å². The third-order valence-corrected chi connectivity index (χ3v) is 4.47. The predicted octanol–water partition coefficient (Wildman–Crippen LogP) is 2.13. The Bertz CT molecular complexity index is 935. The molecule has 1 aliphatic rings. The molecule has 0 spiro atoms. The van der Waals surface area contributed by atoms with E-state index >= 15 is 0 Å². The Kier molecular flexibility index (Phi) is 4.10. The van der Waals surface area contributed by atoms with E-state index in [4.69, 9.17) is 17.3 Å². The average Bonchev–Trinajstić information content (AvgIpc) is 2.75. The van der Waals surface area contributed by atoms with Crippen LogP contribution in [0.25, 0.3) is 0 Å². The molecule has 0 saturated carbocycles. The number of hydrogen-bond donors (Lipinski definition) is 2. The minimum absolute atomic E-state index is 0.222. The largest absolute Gasteiger partial charge is 0.372 e. The van der Waals surface area contributed by atoms with Crippen molar-refractivity contribution in [3.05, 3.63) is 63.1 Å². The van der Waals surface area contributed by atoms with Crippen molar-refractivity contribution in [3.63, 3.8) is 0 Å². The molecule has 5 nitrogen and oxygen atoms in total. The molecule has 1 atom stereocenters. The number of nitrogens with zero attached hydrogens (tertiary/aromatic N) is 1. The second kappa shape index (κ2) is 5.95. The third kappa shape index (κ3) is 2.47. The molecule has 120 valence electrons. The van der Waals surface area contributed by atoms with Gasteiger partial charge in [0.2, 0.25) is 0 Å². The Balaban J connectivity index is 2.24. The summed E-state index contributed by atoms with van der Waals surface area (Å²) in [5.41, 5.74) is 3.95. The molecule has 1 aliphatic heterocycles. The van der Waals surface area contributed by atoms with E-state index in [1.807, 2.05) is 0 Å². The Labute approximate surface area is 151 Å². The van der Waals surface area contributed by atoms with Gasteiger partial charge >= 0.3 is 0 Å². The van der Waals surface area contributed by atoms with Crippen molar-refractivity contribution in [1.29, 1.82) is 0 Å². The lowest BCUT2D eigenvalue weighted by Crippen LogP contribution is -2.39. The monoisotopic (exact) mass is 404 g/mol. The molecular formula is C17H10BrClN2O3. The number of amides is 2. The number of hydrogen-bond acceptors (Lipinski definition) is 3. The molecule has 3 N–H and O–H groups in total. The van der Waals surface area contributed by atoms with Crippen LogP contribution in [-0.4, -0.2) is 16.9 Å². The summed E-state index contributed by atoms with van der Waals surface area (Å²) in [6.07, 6.45) is 0. The van der Waals surface area contributed by atoms with Crippen LogP contribution in [0.15, 0.2) is 46.9 Å². The van der Waals surface area contributed by atoms with Gasteiger partial charge in [-0.25, -0.2) is 4.90 Å². The maximum Gasteiger partial charge on any atom is 0.295 e. The molecule has 0 bridgehead atoms. The topological polar surface area (TPSA) is 83.6 Å². The van der Waals surface area contributed by atoms with Gasteiger partial charge in [0.15, 0.2) is 5.60 Å². The van der Waals surface area contributed by atoms with Crippen LogP contribution < -0.4 is 10.6 Å². The van der Waals surface area contributed by atoms with Crippen LogP contribution in [0.5, 0.6) is 0 Å². The van der Waals surface area contributed by atoms with Crippen molar-refractivity contribution in [3.8, 4) is 12.0 Å². The first-order valence-electron chi connectivity index (χ1n) is 6.78. The standard InChI is InChI=1S/C17H10BrClN2O3/c18-10-5-6-11(13(19)9-10)17(24)12-3-1-2-4-14(12)21(16(17)23)8-7-15(20)22/h1-6,9,24H,(H2,20,22). The summed E-state index contributed by atoms with van der Waals surface area (Å²) in [6.45, 7) is 0. The van der Waals surface area contributed by atoms with Gasteiger partial charge < -0.3 is 10.8 Å². The number of primary amides is 1. The Morgan fingerprint density at radius 3 is 2.62 bits per heavy atom. The van der Waals surface area contributed by atoms with Crippen LogP contribution in [0.2, 0.25) is 5.02 Å². The predicted molar refractivity (Wildman–Crippen MR) is 93.0 cm³/mol. The lowest BCUT2D eigenvalue weighted by atomic mass is 9.87. The van der Waals surface area contributed by atoms with E-state index in [0.717, 1.165) is 4.90 Å². The van der Waals surface area contributed by atoms with Gasteiger partial charge in [-0.05, 0) is 18.2 Å². The number of aliphatic hydroxyl groups is 1. The lowest BCUT2D eigenvalue weighted by Gasteiger charge is -2.23. The molecule has 24 heavy (non-hydrogen) atoms. The first kappa shape index (κ1) is 16.5. The van der Waals surface area contributed by atoms with Gasteiger partial charge in [-0.1, -0.05) is 51.8 Å². The van der Waals surface area contributed by atoms with Crippen molar-refractivity contribution in [2.45, 2.75) is 5.60 Å². The zero-order valence-electron chi connectivity index (χ0n) is 12.1. The molecule has 0 saturated heterocycles. The highest BCUT2D eigenvalue weighted by atomic mass is 79.9. The highest BCUT2D eigenvalue weighted by Gasteiger charge is 2.51. The van der Waals surface area contributed by atoms with Crippen molar-refractivity contribution in [2.75, 3.05) is 4.90 Å². The maximum atomic E-state index is 12.9. The molecule has 0 aliphatic carbocycles. The van der Waals surface area contributed by atoms with Gasteiger partial charge in [-0.3, -0.25) is 9.59 Å². The summed E-state index contributed by atoms with van der Waals surface area (Å²) < 4.78 is 0.712. The van der Waals surface area contributed by atoms with E-state index < -0.39 is 17.4 Å². The number of carbonyl (C=O) groups is 2. The zero-order valence-corrected chi connectivity index (χ0v) is 14.4. The summed E-state index contributed by atoms with van der Waals surface area (Å²) in [4.78, 5) is 24.8. The molecule has 7 heteroatoms. The average molecular weight is 406 g/mol. The maximum absolute atomic E-state index is 12.9. The molecule has 3 rings (SSSR count). The molecule has 2 aromatic rings. The first-order valence-corrected chi connectivity index (χ1v) is 7.96. The summed E-state index contributed by atoms with van der Waals surface area (Å²) in [5, 5.41) is 11.4. The van der Waals surface area contributed by atoms with Gasteiger partial charge in [0.1, 0.15) is 0 Å². The molecule has 0 aromatic heterocycles. The molecule has 0 radical (unpaired) electrons. The summed E-state index contributed by atoms with van der Waals surface area (Å²) >= 11 is 9.52. The van der Waals surface area contributed by atoms with Crippen molar-refractivity contribution in [2.24, 2.45) is 5.73 Å². The number of para-hydroxylation sites is 1. The number of fused-ring (bicyclic) bond motifs is 1. The van der Waals surface area contributed by atoms with E-state index in [1.54, 1.807) is 42.5 Å². The fourth-order valence-electron chi connectivity index (χ4n) is 2.63. The van der Waals surface area contributed by atoms with Crippen LogP contribution in [0.1, 0.15) is 11.1 Å². The van der Waals surface area contributed by atoms with Crippen LogP contribution in [-0.2, 0) is 15.2 Å². The van der Waals surface area contributed by atoms with Gasteiger partial charge in [-0.15, -0.1) is 0 Å². The van der Waals surface area contributed by atoms with Crippen molar-refractivity contribution < 1.29 is 14.7 Å². The van der Waals surface area contributed by atoms with E-state index in [-0.39, 0.29) is 10.6 Å². The number of benzene rings is 2. The summed E-state index contributed by atoms with van der Waals surface area (Å²) in [6, 6.07) is 13.8. The van der Waals surface area contributed by atoms with Gasteiger partial charge in [0, 0.05) is 32.6 Å². The minimum Gasteiger partial charge on any atom is -0.372 e. The highest BCUT2D eigenvalue weighted by Crippen LogP contribution is 2.46. The van der Waals surface area contributed by atoms with Crippen molar-refractivity contribution in [1.82, 2.24) is 0 Å². The second-order valence-electron chi connectivity index (χ2n) is 5.09. The Hall–Kier alpha value is -2.33. The molecule has 1 heterocycles. The number of carbonyl (C=O) groups excluding carboxylic acids is 2. The number of halogens is 2. The number of anilines is 1. The van der Waals surface area contributed by atoms with E-state index in [2.05, 4.69) is 27.9 Å². The lowest BCUT2D eigenvalue weighted by molar-refractivity contribution is -0.131. The summed E-state index contributed by atoms with van der Waals surface area (Å²) in [7, 11) is 0. The zero-order chi connectivity index (χ0) is 17.5. The normalized spacial score (nSPS) is 18.8. The van der Waals surface area contributed by atoms with E-state index in [9.17, 15) is 14.7 Å². The fourth-order valence-corrected chi connectivity index (χ4v) is 3.44. The van der Waals surface area contributed by atoms with Gasteiger partial charge in [0.05, 0.1) is 5.69 Å². The Morgan fingerprint density at radius 1 is 1.25 bits per heavy atom. The summed E-state index contributed by atoms with van der Waals surface area (Å²) in [5.74, 6) is 0.516. The van der Waals surface area contributed by atoms with E-state index in [1.165, 1.54) is 0 Å². The quantitative estimate of drug-likeness (QED) is 0.713. The van der Waals surface area contributed by atoms with Gasteiger partial charge in [0.25, 0.3) is 11.8 Å². The molecule has 2 aromatic carbocycles. The van der Waals surface area contributed by atoms with Crippen LogP contribution in [0.4, 0.5) is 5.69 Å². The molecule has 2 amide bonds. The van der Waals surface area contributed by atoms with E-state index in [0.29, 0.717) is 15.7 Å². The molecule has 0 fully saturated rings. The van der Waals surface area contributed by atoms with Crippen LogP contribution in [0, 0.1) is 12.0 Å². The molecular weight excluding hydrogens is 396 g/mol. The smallest absolute Gasteiger partial charge is 0.295 e. The number of rotatable bonds is 1. The van der Waals surface area contributed by atoms with Crippen LogP contribution in [0.3, 0.4) is 0 Å². The SMILES string of the molecule is NC(=O)C#CN1C(=O)C(O)(c2ccc(Br)cc2Cl)c2ccccc21. The first-order chi connectivity index (χ1) is 11.4.